The van der Waals surface area contributed by atoms with Crippen LogP contribution in [-0.4, -0.2) is 25.5 Å². The summed E-state index contributed by atoms with van der Waals surface area (Å²) in [6.07, 6.45) is 1.73. The second-order valence-electron chi connectivity index (χ2n) is 3.70. The average Bonchev–Trinajstić information content (AvgIpc) is 2.82. The first-order valence-corrected chi connectivity index (χ1v) is 5.12. The molecule has 0 saturated heterocycles. The molecule has 0 bridgehead atoms. The van der Waals surface area contributed by atoms with Gasteiger partial charge in [0.15, 0.2) is 0 Å². The van der Waals surface area contributed by atoms with Crippen LogP contribution in [0.5, 0.6) is 0 Å². The lowest BCUT2D eigenvalue weighted by molar-refractivity contribution is 0.0991. The van der Waals surface area contributed by atoms with E-state index in [0.29, 0.717) is 18.1 Å². The maximum absolute atomic E-state index is 11.0. The van der Waals surface area contributed by atoms with Crippen molar-refractivity contribution in [2.75, 3.05) is 5.32 Å². The molecule has 7 heteroatoms. The molecule has 0 aliphatic heterocycles. The quantitative estimate of drug-likeness (QED) is 0.770. The number of anilines is 1. The number of nitrogens with one attached hydrogen (secondary N) is 1. The lowest BCUT2D eigenvalue weighted by Crippen LogP contribution is -2.15. The Balaban J connectivity index is 2.07. The molecule has 2 aromatic rings. The number of hydrogen-bond acceptors (Lipinski definition) is 4. The minimum Gasteiger partial charge on any atom is -0.364 e. The van der Waals surface area contributed by atoms with Crippen LogP contribution >= 0.6 is 0 Å². The van der Waals surface area contributed by atoms with E-state index < -0.39 is 5.91 Å². The number of nitrogens with two attached hydrogens (primary N) is 1. The molecule has 7 nitrogen and oxygen atoms in total. The van der Waals surface area contributed by atoms with Gasteiger partial charge in [-0.2, -0.15) is 10.2 Å². The highest BCUT2D eigenvalue weighted by Crippen LogP contribution is 2.09. The molecular weight excluding hydrogens is 220 g/mol. The number of aryl methyl sites for hydroxylation is 2. The van der Waals surface area contributed by atoms with Crippen LogP contribution in [0.2, 0.25) is 0 Å². The van der Waals surface area contributed by atoms with Gasteiger partial charge in [0.1, 0.15) is 11.5 Å². The molecule has 0 saturated carbocycles. The molecule has 17 heavy (non-hydrogen) atoms. The summed E-state index contributed by atoms with van der Waals surface area (Å²) in [4.78, 5) is 11.0. The van der Waals surface area contributed by atoms with Crippen LogP contribution in [0.4, 0.5) is 5.82 Å². The number of carbonyl (C=O) groups is 1. The van der Waals surface area contributed by atoms with Crippen molar-refractivity contribution in [3.8, 4) is 0 Å². The Bertz CT molecular complexity index is 541. The maximum atomic E-state index is 11.0. The van der Waals surface area contributed by atoms with Gasteiger partial charge < -0.3 is 11.1 Å². The summed E-state index contributed by atoms with van der Waals surface area (Å²) in [6, 6.07) is 3.53. The Labute approximate surface area is 98.2 Å². The summed E-state index contributed by atoms with van der Waals surface area (Å²) in [5.41, 5.74) is 6.60. The van der Waals surface area contributed by atoms with Crippen LogP contribution in [0.25, 0.3) is 0 Å². The van der Waals surface area contributed by atoms with Gasteiger partial charge in [0.25, 0.3) is 5.91 Å². The van der Waals surface area contributed by atoms with E-state index in [-0.39, 0.29) is 0 Å². The number of rotatable bonds is 4. The summed E-state index contributed by atoms with van der Waals surface area (Å²) in [6.45, 7) is 0.589. The van der Waals surface area contributed by atoms with Crippen LogP contribution in [0, 0.1) is 0 Å². The van der Waals surface area contributed by atoms with E-state index in [1.165, 1.54) is 4.68 Å². The standard InChI is InChI=1S/C10H14N6O/c1-15-7(3-4-13-15)6-12-9-5-8(10(11)17)16(2)14-9/h3-5H,6H2,1-2H3,(H2,11,17)(H,12,14). The monoisotopic (exact) mass is 234 g/mol. The van der Waals surface area contributed by atoms with E-state index in [2.05, 4.69) is 15.5 Å². The molecule has 0 aromatic carbocycles. The van der Waals surface area contributed by atoms with Gasteiger partial charge in [0, 0.05) is 26.4 Å². The van der Waals surface area contributed by atoms with E-state index in [1.807, 2.05) is 13.1 Å². The van der Waals surface area contributed by atoms with Crippen LogP contribution < -0.4 is 11.1 Å². The topological polar surface area (TPSA) is 90.8 Å². The zero-order valence-corrected chi connectivity index (χ0v) is 9.71. The highest BCUT2D eigenvalue weighted by molar-refractivity contribution is 5.91. The highest BCUT2D eigenvalue weighted by atomic mass is 16.1. The molecule has 0 aliphatic carbocycles. The summed E-state index contributed by atoms with van der Waals surface area (Å²) in [5, 5.41) is 11.3. The summed E-state index contributed by atoms with van der Waals surface area (Å²) in [5.74, 6) is 0.121. The fraction of sp³-hybridized carbons (Fsp3) is 0.300. The molecule has 2 rings (SSSR count). The maximum Gasteiger partial charge on any atom is 0.267 e. The fourth-order valence-electron chi connectivity index (χ4n) is 1.54. The van der Waals surface area contributed by atoms with Crippen LogP contribution in [0.15, 0.2) is 18.3 Å². The first kappa shape index (κ1) is 11.2. The molecule has 2 aromatic heterocycles. The predicted molar refractivity (Wildman–Crippen MR) is 62.3 cm³/mol. The van der Waals surface area contributed by atoms with Gasteiger partial charge in [0.2, 0.25) is 0 Å². The largest absolute Gasteiger partial charge is 0.364 e. The zero-order valence-electron chi connectivity index (χ0n) is 9.71. The second-order valence-corrected chi connectivity index (χ2v) is 3.70. The molecule has 0 radical (unpaired) electrons. The second kappa shape index (κ2) is 4.28. The Morgan fingerprint density at radius 3 is 2.76 bits per heavy atom. The van der Waals surface area contributed by atoms with Crippen molar-refractivity contribution in [2.45, 2.75) is 6.54 Å². The molecule has 90 valence electrons. The first-order chi connectivity index (χ1) is 8.08. The summed E-state index contributed by atoms with van der Waals surface area (Å²) >= 11 is 0. The van der Waals surface area contributed by atoms with Crippen LogP contribution in [0.1, 0.15) is 16.2 Å². The molecule has 0 spiro atoms. The number of aromatic nitrogens is 4. The Morgan fingerprint density at radius 1 is 1.47 bits per heavy atom. The molecule has 3 N–H and O–H groups in total. The number of amides is 1. The molecule has 2 heterocycles. The number of carbonyl (C=O) groups excluding carboxylic acids is 1. The summed E-state index contributed by atoms with van der Waals surface area (Å²) in [7, 11) is 3.54. The van der Waals surface area contributed by atoms with Crippen molar-refractivity contribution in [3.63, 3.8) is 0 Å². The van der Waals surface area contributed by atoms with E-state index in [9.17, 15) is 4.79 Å². The zero-order chi connectivity index (χ0) is 12.4. The average molecular weight is 234 g/mol. The van der Waals surface area contributed by atoms with E-state index >= 15 is 0 Å². The number of primary amides is 1. The minimum atomic E-state index is -0.492. The Kier molecular flexibility index (Phi) is 2.82. The van der Waals surface area contributed by atoms with Gasteiger partial charge in [-0.15, -0.1) is 0 Å². The van der Waals surface area contributed by atoms with Crippen LogP contribution in [0.3, 0.4) is 0 Å². The van der Waals surface area contributed by atoms with Crippen molar-refractivity contribution in [3.05, 3.63) is 29.7 Å². The molecule has 0 atom stereocenters. The fourth-order valence-corrected chi connectivity index (χ4v) is 1.54. The lowest BCUT2D eigenvalue weighted by Gasteiger charge is -2.02. The number of hydrogen-bond donors (Lipinski definition) is 2. The predicted octanol–water partition coefficient (Wildman–Crippen LogP) is -0.135. The lowest BCUT2D eigenvalue weighted by atomic mass is 10.4. The third-order valence-electron chi connectivity index (χ3n) is 2.51. The van der Waals surface area contributed by atoms with Crippen molar-refractivity contribution in [1.82, 2.24) is 19.6 Å². The smallest absolute Gasteiger partial charge is 0.267 e. The van der Waals surface area contributed by atoms with E-state index in [0.717, 1.165) is 5.69 Å². The number of nitrogens with zero attached hydrogens (tertiary/aromatic N) is 4. The van der Waals surface area contributed by atoms with E-state index in [1.54, 1.807) is 24.0 Å². The van der Waals surface area contributed by atoms with Crippen molar-refractivity contribution in [2.24, 2.45) is 19.8 Å². The molecule has 0 unspecified atom stereocenters. The van der Waals surface area contributed by atoms with Gasteiger partial charge in [0.05, 0.1) is 12.2 Å². The normalized spacial score (nSPS) is 10.5. The highest BCUT2D eigenvalue weighted by Gasteiger charge is 2.09. The van der Waals surface area contributed by atoms with Crippen LogP contribution in [-0.2, 0) is 20.6 Å². The molecule has 0 aliphatic rings. The molecule has 1 amide bonds. The summed E-state index contributed by atoms with van der Waals surface area (Å²) < 4.78 is 3.22. The van der Waals surface area contributed by atoms with Crippen molar-refractivity contribution in [1.29, 1.82) is 0 Å². The molecular formula is C10H14N6O. The SMILES string of the molecule is Cn1nccc1CNc1cc(C(N)=O)n(C)n1. The first-order valence-electron chi connectivity index (χ1n) is 5.12. The Hall–Kier alpha value is -2.31. The third-order valence-corrected chi connectivity index (χ3v) is 2.51. The third kappa shape index (κ3) is 2.27. The molecule has 0 fully saturated rings. The van der Waals surface area contributed by atoms with Gasteiger partial charge in [-0.25, -0.2) is 0 Å². The minimum absolute atomic E-state index is 0.373. The van der Waals surface area contributed by atoms with Gasteiger partial charge >= 0.3 is 0 Å². The van der Waals surface area contributed by atoms with Gasteiger partial charge in [-0.05, 0) is 6.07 Å². The Morgan fingerprint density at radius 2 is 2.24 bits per heavy atom. The van der Waals surface area contributed by atoms with Gasteiger partial charge in [-0.1, -0.05) is 0 Å². The van der Waals surface area contributed by atoms with Gasteiger partial charge in [-0.3, -0.25) is 14.2 Å². The van der Waals surface area contributed by atoms with E-state index in [4.69, 9.17) is 5.73 Å². The van der Waals surface area contributed by atoms with Crippen molar-refractivity contribution < 1.29 is 4.79 Å². The van der Waals surface area contributed by atoms with Crippen molar-refractivity contribution >= 4 is 11.7 Å².